The lowest BCUT2D eigenvalue weighted by atomic mass is 10.0. The number of rotatable bonds is 6. The molecule has 33 heavy (non-hydrogen) atoms. The van der Waals surface area contributed by atoms with Crippen molar-refractivity contribution in [2.75, 3.05) is 14.2 Å². The summed E-state index contributed by atoms with van der Waals surface area (Å²) in [5.74, 6) is 0.163. The maximum atomic E-state index is 12.0. The Morgan fingerprint density at radius 3 is 2.52 bits per heavy atom. The zero-order chi connectivity index (χ0) is 23.4. The lowest BCUT2D eigenvalue weighted by Crippen LogP contribution is -2.13. The zero-order valence-electron chi connectivity index (χ0n) is 17.9. The third-order valence-electron chi connectivity index (χ3n) is 5.14. The number of aromatic nitrogens is 3. The van der Waals surface area contributed by atoms with E-state index in [1.807, 2.05) is 0 Å². The Bertz CT molecular complexity index is 1290. The van der Waals surface area contributed by atoms with E-state index in [4.69, 9.17) is 9.47 Å². The molecule has 4 rings (SSSR count). The highest BCUT2D eigenvalue weighted by Crippen LogP contribution is 2.32. The summed E-state index contributed by atoms with van der Waals surface area (Å²) in [6, 6.07) is 13.3. The minimum absolute atomic E-state index is 0.00902. The van der Waals surface area contributed by atoms with E-state index < -0.39 is 5.97 Å². The molecular formula is C24H20N4O5. The van der Waals surface area contributed by atoms with E-state index in [1.165, 1.54) is 13.2 Å². The van der Waals surface area contributed by atoms with Crippen LogP contribution in [0.5, 0.6) is 5.75 Å². The number of hydrogen-bond donors (Lipinski definition) is 1. The lowest BCUT2D eigenvalue weighted by molar-refractivity contribution is 0.0601. The molecule has 166 valence electrons. The number of phenols is 1. The molecule has 1 atom stereocenters. The van der Waals surface area contributed by atoms with Crippen LogP contribution < -0.4 is 0 Å². The van der Waals surface area contributed by atoms with E-state index in [0.29, 0.717) is 28.7 Å². The average molecular weight is 444 g/mol. The predicted molar refractivity (Wildman–Crippen MR) is 121 cm³/mol. The van der Waals surface area contributed by atoms with Gasteiger partial charge in [-0.2, -0.15) is 0 Å². The Morgan fingerprint density at radius 1 is 1.03 bits per heavy atom. The van der Waals surface area contributed by atoms with Gasteiger partial charge in [0.2, 0.25) is 0 Å². The average Bonchev–Trinajstić information content (AvgIpc) is 2.87. The Morgan fingerprint density at radius 2 is 1.79 bits per heavy atom. The number of carbonyl (C=O) groups is 1. The van der Waals surface area contributed by atoms with Crippen LogP contribution in [0, 0.1) is 4.91 Å². The Labute approximate surface area is 189 Å². The van der Waals surface area contributed by atoms with Gasteiger partial charge in [-0.15, -0.1) is 4.91 Å². The summed E-state index contributed by atoms with van der Waals surface area (Å²) in [7, 11) is 2.85. The van der Waals surface area contributed by atoms with Gasteiger partial charge in [-0.1, -0.05) is 30.3 Å². The fraction of sp³-hybridized carbons (Fsp3) is 0.167. The van der Waals surface area contributed by atoms with Gasteiger partial charge in [-0.25, -0.2) is 19.7 Å². The molecule has 1 unspecified atom stereocenters. The molecule has 1 aromatic heterocycles. The van der Waals surface area contributed by atoms with Crippen LogP contribution in [0.2, 0.25) is 0 Å². The molecule has 0 fully saturated rings. The highest BCUT2D eigenvalue weighted by molar-refractivity contribution is 5.90. The number of hydrogen-bond acceptors (Lipinski definition) is 9. The molecular weight excluding hydrogens is 424 g/mol. The number of benzene rings is 2. The third kappa shape index (κ3) is 4.53. The minimum Gasteiger partial charge on any atom is -0.507 e. The van der Waals surface area contributed by atoms with Crippen LogP contribution in [0.1, 0.15) is 22.6 Å². The van der Waals surface area contributed by atoms with E-state index in [9.17, 15) is 14.8 Å². The van der Waals surface area contributed by atoms with Gasteiger partial charge in [0.1, 0.15) is 11.4 Å². The van der Waals surface area contributed by atoms with Crippen molar-refractivity contribution in [1.29, 1.82) is 0 Å². The van der Waals surface area contributed by atoms with Crippen molar-refractivity contribution >= 4 is 11.5 Å². The first kappa shape index (κ1) is 22.0. The number of para-hydroxylation sites is 1. The first-order chi connectivity index (χ1) is 16.0. The highest BCUT2D eigenvalue weighted by Gasteiger charge is 2.22. The van der Waals surface area contributed by atoms with Crippen molar-refractivity contribution in [2.24, 2.45) is 5.18 Å². The van der Waals surface area contributed by atoms with E-state index >= 15 is 0 Å². The van der Waals surface area contributed by atoms with Gasteiger partial charge in [0.15, 0.2) is 17.5 Å². The number of esters is 1. The van der Waals surface area contributed by atoms with Crippen LogP contribution >= 0.6 is 0 Å². The van der Waals surface area contributed by atoms with Gasteiger partial charge in [-0.3, -0.25) is 0 Å². The van der Waals surface area contributed by atoms with Crippen LogP contribution in [-0.4, -0.2) is 46.4 Å². The molecule has 0 aliphatic heterocycles. The monoisotopic (exact) mass is 444 g/mol. The van der Waals surface area contributed by atoms with E-state index in [0.717, 1.165) is 0 Å². The number of carbonyl (C=O) groups excluding carboxylic acids is 1. The smallest absolute Gasteiger partial charge is 0.337 e. The third-order valence-corrected chi connectivity index (χ3v) is 5.14. The van der Waals surface area contributed by atoms with E-state index in [2.05, 4.69) is 20.1 Å². The molecule has 0 saturated heterocycles. The van der Waals surface area contributed by atoms with Crippen molar-refractivity contribution in [3.63, 3.8) is 0 Å². The van der Waals surface area contributed by atoms with Crippen LogP contribution in [0.3, 0.4) is 0 Å². The lowest BCUT2D eigenvalue weighted by Gasteiger charge is -2.17. The standard InChI is InChI=1S/C24H20N4O5/c1-32-16-10-11-17(19(13-16)28-31)22-25-21(14-6-5-7-15(12-14)24(30)33-2)26-23(27-22)18-8-3-4-9-20(18)29/h3-9,11-13,16,29H,10H2,1-2H3. The quantitative estimate of drug-likeness (QED) is 0.444. The number of nitrogens with zero attached hydrogens (tertiary/aromatic N) is 4. The molecule has 1 aliphatic rings. The summed E-state index contributed by atoms with van der Waals surface area (Å²) in [5.41, 5.74) is 1.84. The summed E-state index contributed by atoms with van der Waals surface area (Å²) in [6.45, 7) is 0. The van der Waals surface area contributed by atoms with Crippen molar-refractivity contribution in [2.45, 2.75) is 12.5 Å². The van der Waals surface area contributed by atoms with Crippen molar-refractivity contribution in [3.8, 4) is 28.5 Å². The Hall–Kier alpha value is -4.24. The van der Waals surface area contributed by atoms with E-state index in [1.54, 1.807) is 61.7 Å². The molecule has 1 aliphatic carbocycles. The molecule has 0 bridgehead atoms. The topological polar surface area (TPSA) is 124 Å². The van der Waals surface area contributed by atoms with Gasteiger partial charge < -0.3 is 14.6 Å². The second-order valence-corrected chi connectivity index (χ2v) is 7.17. The van der Waals surface area contributed by atoms with Gasteiger partial charge in [0.05, 0.1) is 24.3 Å². The molecule has 9 heteroatoms. The number of phenolic OH excluding ortho intramolecular Hbond substituents is 1. The molecule has 0 spiro atoms. The summed E-state index contributed by atoms with van der Waals surface area (Å²) >= 11 is 0. The Balaban J connectivity index is 1.90. The summed E-state index contributed by atoms with van der Waals surface area (Å²) in [6.07, 6.45) is 3.62. The maximum Gasteiger partial charge on any atom is 0.337 e. The van der Waals surface area contributed by atoms with Crippen LogP contribution in [0.25, 0.3) is 28.3 Å². The number of nitroso groups, excluding NO2 is 1. The maximum absolute atomic E-state index is 12.0. The summed E-state index contributed by atoms with van der Waals surface area (Å²) in [4.78, 5) is 37.1. The van der Waals surface area contributed by atoms with Gasteiger partial charge in [0.25, 0.3) is 0 Å². The second kappa shape index (κ2) is 9.49. The fourth-order valence-corrected chi connectivity index (χ4v) is 3.43. The SMILES string of the molecule is COC(=O)c1cccc(-c2nc(C3=CCC(OC)C=C3N=O)nc(-c3ccccc3O)n2)c1. The minimum atomic E-state index is -0.497. The summed E-state index contributed by atoms with van der Waals surface area (Å²) in [5, 5.41) is 13.5. The summed E-state index contributed by atoms with van der Waals surface area (Å²) < 4.78 is 10.1. The largest absolute Gasteiger partial charge is 0.507 e. The highest BCUT2D eigenvalue weighted by atomic mass is 16.5. The molecule has 2 aromatic carbocycles. The van der Waals surface area contributed by atoms with E-state index in [-0.39, 0.29) is 35.0 Å². The van der Waals surface area contributed by atoms with Crippen molar-refractivity contribution in [1.82, 2.24) is 15.0 Å². The van der Waals surface area contributed by atoms with Gasteiger partial charge in [0, 0.05) is 18.2 Å². The molecule has 3 aromatic rings. The first-order valence-electron chi connectivity index (χ1n) is 10.1. The fourth-order valence-electron chi connectivity index (χ4n) is 3.43. The molecule has 0 saturated carbocycles. The molecule has 0 amide bonds. The molecule has 9 nitrogen and oxygen atoms in total. The van der Waals surface area contributed by atoms with Crippen molar-refractivity contribution < 1.29 is 19.4 Å². The van der Waals surface area contributed by atoms with Crippen LogP contribution in [-0.2, 0) is 9.47 Å². The second-order valence-electron chi connectivity index (χ2n) is 7.17. The molecule has 1 heterocycles. The normalized spacial score (nSPS) is 15.4. The van der Waals surface area contributed by atoms with Crippen molar-refractivity contribution in [3.05, 3.63) is 82.7 Å². The van der Waals surface area contributed by atoms with Crippen LogP contribution in [0.4, 0.5) is 0 Å². The van der Waals surface area contributed by atoms with Gasteiger partial charge in [-0.05, 0) is 41.9 Å². The molecule has 1 N–H and O–H groups in total. The number of ether oxygens (including phenoxy) is 2. The Kier molecular flexibility index (Phi) is 6.32. The number of aromatic hydroxyl groups is 1. The predicted octanol–water partition coefficient (Wildman–Crippen LogP) is 4.15. The zero-order valence-corrected chi connectivity index (χ0v) is 17.9. The molecule has 0 radical (unpaired) electrons. The number of methoxy groups -OCH3 is 2. The van der Waals surface area contributed by atoms with Gasteiger partial charge >= 0.3 is 5.97 Å². The first-order valence-corrected chi connectivity index (χ1v) is 10.1. The van der Waals surface area contributed by atoms with Crippen LogP contribution in [0.15, 0.2) is 71.6 Å². The number of allylic oxidation sites excluding steroid dienone is 1.